The lowest BCUT2D eigenvalue weighted by Crippen LogP contribution is -2.45. The third-order valence-corrected chi connectivity index (χ3v) is 5.26. The van der Waals surface area contributed by atoms with Gasteiger partial charge in [0.2, 0.25) is 10.0 Å². The number of sulfonamides is 1. The highest BCUT2D eigenvalue weighted by atomic mass is 32.2. The molecule has 1 aliphatic rings. The third-order valence-electron chi connectivity index (χ3n) is 3.42. The van der Waals surface area contributed by atoms with Crippen molar-refractivity contribution in [2.45, 2.75) is 40.0 Å². The lowest BCUT2D eigenvalue weighted by Gasteiger charge is -2.32. The lowest BCUT2D eigenvalue weighted by atomic mass is 9.94. The quantitative estimate of drug-likeness (QED) is 0.352. The molecule has 0 spiro atoms. The summed E-state index contributed by atoms with van der Waals surface area (Å²) in [6, 6.07) is 0. The second-order valence-corrected chi connectivity index (χ2v) is 8.44. The van der Waals surface area contributed by atoms with E-state index in [1.54, 1.807) is 0 Å². The summed E-state index contributed by atoms with van der Waals surface area (Å²) in [5, 5.41) is 11.7. The zero-order valence-corrected chi connectivity index (χ0v) is 12.8. The van der Waals surface area contributed by atoms with E-state index in [-0.39, 0.29) is 22.9 Å². The molecule has 112 valence electrons. The van der Waals surface area contributed by atoms with E-state index in [0.29, 0.717) is 19.5 Å². The highest BCUT2D eigenvalue weighted by Crippen LogP contribution is 2.23. The van der Waals surface area contributed by atoms with Crippen LogP contribution in [0.2, 0.25) is 0 Å². The zero-order valence-electron chi connectivity index (χ0n) is 12.0. The van der Waals surface area contributed by atoms with E-state index < -0.39 is 10.0 Å². The molecule has 1 saturated heterocycles. The molecule has 1 fully saturated rings. The molecule has 0 saturated carbocycles. The highest BCUT2D eigenvalue weighted by molar-refractivity contribution is 7.89. The number of nitrogens with two attached hydrogens (primary N) is 1. The van der Waals surface area contributed by atoms with Crippen molar-refractivity contribution in [1.82, 2.24) is 4.31 Å². The minimum Gasteiger partial charge on any atom is -0.409 e. The predicted molar refractivity (Wildman–Crippen MR) is 75.6 cm³/mol. The normalized spacial score (nSPS) is 23.5. The largest absolute Gasteiger partial charge is 0.409 e. The molecule has 7 heteroatoms. The van der Waals surface area contributed by atoms with Crippen LogP contribution < -0.4 is 5.73 Å². The van der Waals surface area contributed by atoms with Crippen LogP contribution in [0.4, 0.5) is 0 Å². The van der Waals surface area contributed by atoms with E-state index in [2.05, 4.69) is 5.16 Å². The Balaban J connectivity index is 2.68. The summed E-state index contributed by atoms with van der Waals surface area (Å²) in [5.41, 5.74) is 5.57. The molecule has 1 atom stereocenters. The van der Waals surface area contributed by atoms with Gasteiger partial charge in [-0.3, -0.25) is 0 Å². The zero-order chi connectivity index (χ0) is 14.7. The van der Waals surface area contributed by atoms with Crippen LogP contribution in [-0.2, 0) is 10.0 Å². The van der Waals surface area contributed by atoms with Gasteiger partial charge < -0.3 is 10.9 Å². The van der Waals surface area contributed by atoms with E-state index in [1.807, 2.05) is 20.8 Å². The van der Waals surface area contributed by atoms with Gasteiger partial charge in [0.1, 0.15) is 5.84 Å². The first-order valence-corrected chi connectivity index (χ1v) is 8.22. The Morgan fingerprint density at radius 3 is 2.63 bits per heavy atom. The van der Waals surface area contributed by atoms with Gasteiger partial charge in [-0.05, 0) is 24.7 Å². The lowest BCUT2D eigenvalue weighted by molar-refractivity contribution is 0.286. The molecular weight excluding hydrogens is 266 g/mol. The fourth-order valence-corrected chi connectivity index (χ4v) is 4.03. The van der Waals surface area contributed by atoms with E-state index in [1.165, 1.54) is 4.31 Å². The molecular formula is C12H25N3O3S. The number of hydrogen-bond donors (Lipinski definition) is 2. The van der Waals surface area contributed by atoms with Gasteiger partial charge in [-0.15, -0.1) is 0 Å². The Morgan fingerprint density at radius 2 is 2.11 bits per heavy atom. The fourth-order valence-electron chi connectivity index (χ4n) is 2.08. The second-order valence-electron chi connectivity index (χ2n) is 6.35. The van der Waals surface area contributed by atoms with Gasteiger partial charge >= 0.3 is 0 Å². The molecule has 1 aliphatic heterocycles. The molecule has 1 rings (SSSR count). The summed E-state index contributed by atoms with van der Waals surface area (Å²) in [5.74, 6) is 0.0956. The first-order chi connectivity index (χ1) is 8.65. The SMILES string of the molecule is CC(C)(C)CCS(=O)(=O)N1CCCC(C(N)=NO)C1. The van der Waals surface area contributed by atoms with Gasteiger partial charge in [-0.25, -0.2) is 12.7 Å². The topological polar surface area (TPSA) is 96.0 Å². The van der Waals surface area contributed by atoms with Crippen molar-refractivity contribution in [3.8, 4) is 0 Å². The number of rotatable bonds is 4. The van der Waals surface area contributed by atoms with E-state index in [0.717, 1.165) is 12.8 Å². The van der Waals surface area contributed by atoms with Crippen molar-refractivity contribution >= 4 is 15.9 Å². The van der Waals surface area contributed by atoms with Crippen molar-refractivity contribution in [3.05, 3.63) is 0 Å². The second kappa shape index (κ2) is 6.09. The summed E-state index contributed by atoms with van der Waals surface area (Å²) >= 11 is 0. The number of oxime groups is 1. The molecule has 19 heavy (non-hydrogen) atoms. The molecule has 0 bridgehead atoms. The van der Waals surface area contributed by atoms with Gasteiger partial charge in [0.15, 0.2) is 0 Å². The van der Waals surface area contributed by atoms with Crippen molar-refractivity contribution in [2.24, 2.45) is 22.2 Å². The monoisotopic (exact) mass is 291 g/mol. The smallest absolute Gasteiger partial charge is 0.214 e. The molecule has 1 heterocycles. The predicted octanol–water partition coefficient (Wildman–Crippen LogP) is 1.21. The van der Waals surface area contributed by atoms with Crippen molar-refractivity contribution < 1.29 is 13.6 Å². The maximum absolute atomic E-state index is 12.3. The summed E-state index contributed by atoms with van der Waals surface area (Å²) < 4.78 is 26.0. The molecule has 0 aliphatic carbocycles. The van der Waals surface area contributed by atoms with Crippen molar-refractivity contribution in [1.29, 1.82) is 0 Å². The van der Waals surface area contributed by atoms with E-state index in [9.17, 15) is 8.42 Å². The van der Waals surface area contributed by atoms with Crippen molar-refractivity contribution in [2.75, 3.05) is 18.8 Å². The molecule has 3 N–H and O–H groups in total. The number of amidine groups is 1. The molecule has 0 aromatic carbocycles. The summed E-state index contributed by atoms with van der Waals surface area (Å²) in [7, 11) is -3.25. The van der Waals surface area contributed by atoms with Crippen LogP contribution in [0.15, 0.2) is 5.16 Å². The molecule has 0 aromatic heterocycles. The van der Waals surface area contributed by atoms with E-state index in [4.69, 9.17) is 10.9 Å². The van der Waals surface area contributed by atoms with Crippen LogP contribution in [0.3, 0.4) is 0 Å². The molecule has 6 nitrogen and oxygen atoms in total. The molecule has 0 amide bonds. The fraction of sp³-hybridized carbons (Fsp3) is 0.917. The Morgan fingerprint density at radius 1 is 1.47 bits per heavy atom. The number of hydrogen-bond acceptors (Lipinski definition) is 4. The summed E-state index contributed by atoms with van der Waals surface area (Å²) in [4.78, 5) is 0. The molecule has 0 radical (unpaired) electrons. The van der Waals surface area contributed by atoms with Crippen LogP contribution in [0.25, 0.3) is 0 Å². The van der Waals surface area contributed by atoms with Gasteiger partial charge in [0, 0.05) is 19.0 Å². The van der Waals surface area contributed by atoms with Gasteiger partial charge in [-0.2, -0.15) is 0 Å². The first kappa shape index (κ1) is 16.2. The maximum Gasteiger partial charge on any atom is 0.214 e. The minimum absolute atomic E-state index is 0.00611. The van der Waals surface area contributed by atoms with Crippen LogP contribution in [0, 0.1) is 11.3 Å². The van der Waals surface area contributed by atoms with Crippen LogP contribution >= 0.6 is 0 Å². The highest BCUT2D eigenvalue weighted by Gasteiger charge is 2.31. The standard InChI is InChI=1S/C12H25N3O3S/c1-12(2,3)6-8-19(17,18)15-7-4-5-10(9-15)11(13)14-16/h10,16H,4-9H2,1-3H3,(H2,13,14). The van der Waals surface area contributed by atoms with Crippen LogP contribution in [-0.4, -0.2) is 42.6 Å². The number of piperidine rings is 1. The maximum atomic E-state index is 12.3. The average molecular weight is 291 g/mol. The Hall–Kier alpha value is -0.820. The molecule has 1 unspecified atom stereocenters. The average Bonchev–Trinajstić information content (AvgIpc) is 2.35. The first-order valence-electron chi connectivity index (χ1n) is 6.61. The van der Waals surface area contributed by atoms with Crippen LogP contribution in [0.1, 0.15) is 40.0 Å². The van der Waals surface area contributed by atoms with Gasteiger partial charge in [0.25, 0.3) is 0 Å². The molecule has 0 aromatic rings. The number of nitrogens with zero attached hydrogens (tertiary/aromatic N) is 2. The summed E-state index contributed by atoms with van der Waals surface area (Å²) in [6.45, 7) is 6.93. The Kier molecular flexibility index (Phi) is 5.20. The van der Waals surface area contributed by atoms with E-state index >= 15 is 0 Å². The van der Waals surface area contributed by atoms with Crippen LogP contribution in [0.5, 0.6) is 0 Å². The summed E-state index contributed by atoms with van der Waals surface area (Å²) in [6.07, 6.45) is 2.14. The van der Waals surface area contributed by atoms with Gasteiger partial charge in [0.05, 0.1) is 5.75 Å². The third kappa shape index (κ3) is 4.99. The Labute approximate surface area is 115 Å². The Bertz CT molecular complexity index is 426. The van der Waals surface area contributed by atoms with Crippen molar-refractivity contribution in [3.63, 3.8) is 0 Å². The minimum atomic E-state index is -3.25. The van der Waals surface area contributed by atoms with Gasteiger partial charge in [-0.1, -0.05) is 25.9 Å².